The number of allylic oxidation sites excluding steroid dienone is 1. The van der Waals surface area contributed by atoms with E-state index < -0.39 is 0 Å². The Morgan fingerprint density at radius 2 is 2.30 bits per heavy atom. The van der Waals surface area contributed by atoms with E-state index in [2.05, 4.69) is 16.9 Å². The van der Waals surface area contributed by atoms with Crippen molar-refractivity contribution in [3.8, 4) is 0 Å². The lowest BCUT2D eigenvalue weighted by molar-refractivity contribution is -0.113. The first-order valence-electron chi connectivity index (χ1n) is 8.67. The van der Waals surface area contributed by atoms with E-state index in [9.17, 15) is 9.59 Å². The molecule has 0 radical (unpaired) electrons. The average molecular weight is 399 g/mol. The standard InChI is InChI=1S/C19H18N4O2S2/c1-2-10-23-18(25)16-12-6-5-7-13(12)27-17(16)22-19(23)26-11-15(24)21-14-8-3-4-9-20-14/h2-4,8-9H,1,5-7,10-11H2,(H,20,21,24). The first-order valence-corrected chi connectivity index (χ1v) is 10.5. The van der Waals surface area contributed by atoms with Crippen LogP contribution in [0.5, 0.6) is 0 Å². The van der Waals surface area contributed by atoms with Crippen LogP contribution in [-0.2, 0) is 24.2 Å². The zero-order chi connectivity index (χ0) is 18.8. The monoisotopic (exact) mass is 398 g/mol. The fourth-order valence-electron chi connectivity index (χ4n) is 3.20. The van der Waals surface area contributed by atoms with Gasteiger partial charge in [0.15, 0.2) is 5.16 Å². The van der Waals surface area contributed by atoms with Gasteiger partial charge in [0.05, 0.1) is 11.1 Å². The number of amides is 1. The van der Waals surface area contributed by atoms with Crippen LogP contribution >= 0.6 is 23.1 Å². The van der Waals surface area contributed by atoms with Crippen LogP contribution < -0.4 is 10.9 Å². The molecule has 4 rings (SSSR count). The van der Waals surface area contributed by atoms with Crippen LogP contribution in [0.1, 0.15) is 16.9 Å². The lowest BCUT2D eigenvalue weighted by atomic mass is 10.2. The van der Waals surface area contributed by atoms with Crippen molar-refractivity contribution in [1.82, 2.24) is 14.5 Å². The number of aromatic nitrogens is 3. The maximum absolute atomic E-state index is 13.1. The van der Waals surface area contributed by atoms with Gasteiger partial charge in [-0.3, -0.25) is 14.2 Å². The molecule has 3 aromatic heterocycles. The Hall–Kier alpha value is -2.45. The van der Waals surface area contributed by atoms with Gasteiger partial charge in [-0.25, -0.2) is 9.97 Å². The molecule has 0 saturated carbocycles. The molecule has 6 nitrogen and oxygen atoms in total. The molecule has 0 spiro atoms. The molecule has 1 N–H and O–H groups in total. The summed E-state index contributed by atoms with van der Waals surface area (Å²) in [6.45, 7) is 4.12. The van der Waals surface area contributed by atoms with Crippen molar-refractivity contribution in [2.24, 2.45) is 0 Å². The molecule has 1 amide bonds. The van der Waals surface area contributed by atoms with Crippen LogP contribution in [0.15, 0.2) is 47.0 Å². The van der Waals surface area contributed by atoms with E-state index in [-0.39, 0.29) is 17.2 Å². The van der Waals surface area contributed by atoms with Gasteiger partial charge in [0.2, 0.25) is 5.91 Å². The Labute approximate surface area is 164 Å². The number of rotatable bonds is 6. The van der Waals surface area contributed by atoms with Crippen molar-refractivity contribution in [2.45, 2.75) is 31.0 Å². The molecule has 0 saturated heterocycles. The number of aryl methyl sites for hydroxylation is 2. The zero-order valence-electron chi connectivity index (χ0n) is 14.6. The van der Waals surface area contributed by atoms with E-state index in [1.165, 1.54) is 16.6 Å². The van der Waals surface area contributed by atoms with Gasteiger partial charge in [-0.2, -0.15) is 0 Å². The van der Waals surface area contributed by atoms with E-state index in [1.807, 2.05) is 6.07 Å². The highest BCUT2D eigenvalue weighted by atomic mass is 32.2. The number of pyridine rings is 1. The van der Waals surface area contributed by atoms with Gasteiger partial charge >= 0.3 is 0 Å². The summed E-state index contributed by atoms with van der Waals surface area (Å²) in [5, 5.41) is 4.04. The quantitative estimate of drug-likeness (QED) is 0.392. The molecular formula is C19H18N4O2S2. The molecule has 0 aromatic carbocycles. The first-order chi connectivity index (χ1) is 13.2. The van der Waals surface area contributed by atoms with Crippen LogP contribution in [0, 0.1) is 0 Å². The lowest BCUT2D eigenvalue weighted by Gasteiger charge is -2.10. The number of hydrogen-bond acceptors (Lipinski definition) is 6. The first kappa shape index (κ1) is 17.9. The molecule has 0 unspecified atom stereocenters. The fourth-order valence-corrected chi connectivity index (χ4v) is 5.32. The Kier molecular flexibility index (Phi) is 5.09. The Morgan fingerprint density at radius 3 is 3.07 bits per heavy atom. The predicted octanol–water partition coefficient (Wildman–Crippen LogP) is 3.26. The molecule has 8 heteroatoms. The minimum Gasteiger partial charge on any atom is -0.310 e. The number of nitrogens with zero attached hydrogens (tertiary/aromatic N) is 3. The highest BCUT2D eigenvalue weighted by Crippen LogP contribution is 2.35. The number of hydrogen-bond donors (Lipinski definition) is 1. The maximum atomic E-state index is 13.1. The van der Waals surface area contributed by atoms with Crippen LogP contribution in [0.25, 0.3) is 10.2 Å². The number of fused-ring (bicyclic) bond motifs is 3. The fraction of sp³-hybridized carbons (Fsp3) is 0.263. The zero-order valence-corrected chi connectivity index (χ0v) is 16.2. The second kappa shape index (κ2) is 7.66. The molecule has 3 heterocycles. The molecule has 3 aromatic rings. The molecule has 0 aliphatic heterocycles. The smallest absolute Gasteiger partial charge is 0.263 e. The van der Waals surface area contributed by atoms with Crippen molar-refractivity contribution in [3.63, 3.8) is 0 Å². The van der Waals surface area contributed by atoms with Crippen LogP contribution in [-0.4, -0.2) is 26.2 Å². The van der Waals surface area contributed by atoms with Crippen LogP contribution in [0.2, 0.25) is 0 Å². The minimum absolute atomic E-state index is 0.0352. The third-order valence-corrected chi connectivity index (χ3v) is 6.53. The summed E-state index contributed by atoms with van der Waals surface area (Å²) in [4.78, 5) is 36.1. The van der Waals surface area contributed by atoms with E-state index in [1.54, 1.807) is 40.3 Å². The van der Waals surface area contributed by atoms with Crippen molar-refractivity contribution in [3.05, 3.63) is 57.8 Å². The van der Waals surface area contributed by atoms with E-state index in [0.29, 0.717) is 17.5 Å². The van der Waals surface area contributed by atoms with Crippen LogP contribution in [0.4, 0.5) is 5.82 Å². The number of thiophene rings is 1. The largest absolute Gasteiger partial charge is 0.310 e. The van der Waals surface area contributed by atoms with Gasteiger partial charge in [0.25, 0.3) is 5.56 Å². The summed E-state index contributed by atoms with van der Waals surface area (Å²) in [5.41, 5.74) is 1.13. The molecule has 0 atom stereocenters. The third kappa shape index (κ3) is 3.54. The van der Waals surface area contributed by atoms with Gasteiger partial charge in [-0.15, -0.1) is 17.9 Å². The number of carbonyl (C=O) groups excluding carboxylic acids is 1. The molecule has 1 aliphatic rings. The van der Waals surface area contributed by atoms with E-state index in [0.717, 1.165) is 35.0 Å². The van der Waals surface area contributed by atoms with Crippen molar-refractivity contribution < 1.29 is 4.79 Å². The maximum Gasteiger partial charge on any atom is 0.263 e. The normalized spacial score (nSPS) is 12.9. The summed E-state index contributed by atoms with van der Waals surface area (Å²) in [7, 11) is 0. The van der Waals surface area contributed by atoms with E-state index >= 15 is 0 Å². The molecule has 0 fully saturated rings. The molecule has 138 valence electrons. The van der Waals surface area contributed by atoms with Gasteiger partial charge in [-0.1, -0.05) is 23.9 Å². The lowest BCUT2D eigenvalue weighted by Crippen LogP contribution is -2.24. The van der Waals surface area contributed by atoms with Crippen molar-refractivity contribution >= 4 is 45.0 Å². The number of thioether (sulfide) groups is 1. The van der Waals surface area contributed by atoms with Gasteiger partial charge < -0.3 is 5.32 Å². The van der Waals surface area contributed by atoms with Gasteiger partial charge in [-0.05, 0) is 37.0 Å². The number of nitrogens with one attached hydrogen (secondary N) is 1. The number of anilines is 1. The molecule has 1 aliphatic carbocycles. The Morgan fingerprint density at radius 1 is 1.41 bits per heavy atom. The topological polar surface area (TPSA) is 76.9 Å². The second-order valence-electron chi connectivity index (χ2n) is 6.19. The molecule has 27 heavy (non-hydrogen) atoms. The summed E-state index contributed by atoms with van der Waals surface area (Å²) in [6, 6.07) is 5.33. The van der Waals surface area contributed by atoms with Crippen molar-refractivity contribution in [1.29, 1.82) is 0 Å². The second-order valence-corrected chi connectivity index (χ2v) is 8.21. The summed E-state index contributed by atoms with van der Waals surface area (Å²) in [5.74, 6) is 0.466. The van der Waals surface area contributed by atoms with Crippen LogP contribution in [0.3, 0.4) is 0 Å². The Bertz CT molecular complexity index is 1070. The highest BCUT2D eigenvalue weighted by molar-refractivity contribution is 7.99. The average Bonchev–Trinajstić information content (AvgIpc) is 3.24. The molecular weight excluding hydrogens is 380 g/mol. The summed E-state index contributed by atoms with van der Waals surface area (Å²) in [6.07, 6.45) is 6.36. The highest BCUT2D eigenvalue weighted by Gasteiger charge is 2.23. The Balaban J connectivity index is 1.61. The van der Waals surface area contributed by atoms with Gasteiger partial charge in [0, 0.05) is 17.6 Å². The molecule has 0 bridgehead atoms. The summed E-state index contributed by atoms with van der Waals surface area (Å²) < 4.78 is 1.61. The predicted molar refractivity (Wildman–Crippen MR) is 110 cm³/mol. The number of carbonyl (C=O) groups is 1. The van der Waals surface area contributed by atoms with Crippen molar-refractivity contribution in [2.75, 3.05) is 11.1 Å². The minimum atomic E-state index is -0.188. The SMILES string of the molecule is C=CCn1c(SCC(=O)Nc2ccccn2)nc2sc3c(c2c1=O)CCC3. The third-order valence-electron chi connectivity index (χ3n) is 4.37. The van der Waals surface area contributed by atoms with Gasteiger partial charge in [0.1, 0.15) is 10.6 Å². The van der Waals surface area contributed by atoms with E-state index in [4.69, 9.17) is 4.98 Å². The summed E-state index contributed by atoms with van der Waals surface area (Å²) >= 11 is 2.86.